The Morgan fingerprint density at radius 1 is 1.19 bits per heavy atom. The third-order valence-corrected chi connectivity index (χ3v) is 3.41. The van der Waals surface area contributed by atoms with E-state index in [9.17, 15) is 13.6 Å². The molecule has 0 saturated heterocycles. The molecule has 1 amide bonds. The Morgan fingerprint density at radius 2 is 1.90 bits per heavy atom. The molecule has 0 aliphatic carbocycles. The van der Waals surface area contributed by atoms with Crippen molar-refractivity contribution in [3.8, 4) is 0 Å². The second kappa shape index (κ2) is 5.91. The number of benzene rings is 2. The number of anilines is 1. The number of amides is 1. The van der Waals surface area contributed by atoms with Gasteiger partial charge < -0.3 is 11.1 Å². The average Bonchev–Trinajstić information content (AvgIpc) is 2.43. The van der Waals surface area contributed by atoms with Gasteiger partial charge >= 0.3 is 0 Å². The van der Waals surface area contributed by atoms with Gasteiger partial charge in [0.2, 0.25) is 5.91 Å². The summed E-state index contributed by atoms with van der Waals surface area (Å²) in [6.07, 6.45) is 0. The fourth-order valence-electron chi connectivity index (χ4n) is 2.16. The Morgan fingerprint density at radius 3 is 2.52 bits per heavy atom. The second-order valence-electron chi connectivity index (χ2n) is 4.88. The van der Waals surface area contributed by atoms with Crippen LogP contribution in [0.4, 0.5) is 14.5 Å². The predicted molar refractivity (Wildman–Crippen MR) is 78.1 cm³/mol. The van der Waals surface area contributed by atoms with Gasteiger partial charge in [0.1, 0.15) is 0 Å². The fourth-order valence-corrected chi connectivity index (χ4v) is 2.16. The highest BCUT2D eigenvalue weighted by Gasteiger charge is 2.13. The zero-order valence-electron chi connectivity index (χ0n) is 11.8. The number of carbonyl (C=O) groups excluding carboxylic acids is 1. The Hall–Kier alpha value is -2.43. The molecule has 2 aromatic rings. The molecule has 0 heterocycles. The smallest absolute Gasteiger partial charge is 0.249 e. The standard InChI is InChI=1S/C16H16F2N2O/c1-9-12(16(19)21)4-3-5-15(9)20-10(2)11-6-7-13(17)14(18)8-11/h3-8,10,20H,1-2H3,(H2,19,21). The first-order valence-corrected chi connectivity index (χ1v) is 6.51. The fraction of sp³-hybridized carbons (Fsp3) is 0.188. The SMILES string of the molecule is Cc1c(NC(C)c2ccc(F)c(F)c2)cccc1C(N)=O. The van der Waals surface area contributed by atoms with E-state index < -0.39 is 17.5 Å². The number of nitrogens with one attached hydrogen (secondary N) is 1. The number of nitrogens with two attached hydrogens (primary N) is 1. The van der Waals surface area contributed by atoms with Crippen LogP contribution < -0.4 is 11.1 Å². The van der Waals surface area contributed by atoms with Crippen LogP contribution in [0.5, 0.6) is 0 Å². The molecule has 0 saturated carbocycles. The second-order valence-corrected chi connectivity index (χ2v) is 4.88. The maximum absolute atomic E-state index is 13.3. The van der Waals surface area contributed by atoms with E-state index in [2.05, 4.69) is 5.32 Å². The molecular formula is C16H16F2N2O. The van der Waals surface area contributed by atoms with Crippen molar-refractivity contribution in [1.82, 2.24) is 0 Å². The minimum absolute atomic E-state index is 0.248. The first-order chi connectivity index (χ1) is 9.90. The summed E-state index contributed by atoms with van der Waals surface area (Å²) in [5.41, 5.74) is 7.79. The van der Waals surface area contributed by atoms with E-state index in [-0.39, 0.29) is 6.04 Å². The Kier molecular flexibility index (Phi) is 4.21. The molecular weight excluding hydrogens is 274 g/mol. The zero-order chi connectivity index (χ0) is 15.6. The molecule has 0 aliphatic rings. The maximum Gasteiger partial charge on any atom is 0.249 e. The van der Waals surface area contributed by atoms with Gasteiger partial charge in [-0.15, -0.1) is 0 Å². The summed E-state index contributed by atoms with van der Waals surface area (Å²) in [4.78, 5) is 11.3. The van der Waals surface area contributed by atoms with Gasteiger partial charge in [0.05, 0.1) is 0 Å². The summed E-state index contributed by atoms with van der Waals surface area (Å²) in [6, 6.07) is 8.68. The molecule has 2 aromatic carbocycles. The van der Waals surface area contributed by atoms with Crippen LogP contribution in [-0.2, 0) is 0 Å². The van der Waals surface area contributed by atoms with Crippen molar-refractivity contribution in [3.63, 3.8) is 0 Å². The minimum atomic E-state index is -0.885. The van der Waals surface area contributed by atoms with E-state index in [1.165, 1.54) is 6.07 Å². The Labute approximate surface area is 121 Å². The highest BCUT2D eigenvalue weighted by molar-refractivity contribution is 5.95. The number of primary amides is 1. The van der Waals surface area contributed by atoms with Crippen LogP contribution in [0, 0.1) is 18.6 Å². The number of hydrogen-bond acceptors (Lipinski definition) is 2. The summed E-state index contributed by atoms with van der Waals surface area (Å²) >= 11 is 0. The van der Waals surface area contributed by atoms with Gasteiger partial charge in [-0.1, -0.05) is 12.1 Å². The van der Waals surface area contributed by atoms with E-state index >= 15 is 0 Å². The summed E-state index contributed by atoms with van der Waals surface area (Å²) in [5.74, 6) is -2.27. The van der Waals surface area contributed by atoms with Gasteiger partial charge in [-0.3, -0.25) is 4.79 Å². The van der Waals surface area contributed by atoms with Crippen molar-refractivity contribution >= 4 is 11.6 Å². The van der Waals surface area contributed by atoms with Crippen molar-refractivity contribution in [2.75, 3.05) is 5.32 Å². The van der Waals surface area contributed by atoms with E-state index in [0.717, 1.165) is 23.4 Å². The quantitative estimate of drug-likeness (QED) is 0.904. The molecule has 0 radical (unpaired) electrons. The van der Waals surface area contributed by atoms with Gasteiger partial charge in [0.15, 0.2) is 11.6 Å². The third kappa shape index (κ3) is 3.18. The molecule has 5 heteroatoms. The lowest BCUT2D eigenvalue weighted by atomic mass is 10.0. The number of rotatable bonds is 4. The van der Waals surface area contributed by atoms with E-state index in [0.29, 0.717) is 11.1 Å². The summed E-state index contributed by atoms with van der Waals surface area (Å²) < 4.78 is 26.2. The first kappa shape index (κ1) is 15.0. The topological polar surface area (TPSA) is 55.1 Å². The molecule has 1 atom stereocenters. The van der Waals surface area contributed by atoms with Gasteiger partial charge in [0.25, 0.3) is 0 Å². The molecule has 1 unspecified atom stereocenters. The number of halogens is 2. The minimum Gasteiger partial charge on any atom is -0.378 e. The van der Waals surface area contributed by atoms with Crippen molar-refractivity contribution < 1.29 is 13.6 Å². The van der Waals surface area contributed by atoms with Crippen LogP contribution in [-0.4, -0.2) is 5.91 Å². The van der Waals surface area contributed by atoms with E-state index in [1.807, 2.05) is 6.92 Å². The third-order valence-electron chi connectivity index (χ3n) is 3.41. The Balaban J connectivity index is 2.27. The predicted octanol–water partition coefficient (Wildman–Crippen LogP) is 3.55. The maximum atomic E-state index is 13.3. The molecule has 0 bridgehead atoms. The normalized spacial score (nSPS) is 12.0. The van der Waals surface area contributed by atoms with Gasteiger partial charge in [-0.2, -0.15) is 0 Å². The van der Waals surface area contributed by atoms with Crippen LogP contribution in [0.15, 0.2) is 36.4 Å². The number of carbonyl (C=O) groups is 1. The van der Waals surface area contributed by atoms with Crippen LogP contribution in [0.2, 0.25) is 0 Å². The average molecular weight is 290 g/mol. The van der Waals surface area contributed by atoms with Crippen molar-refractivity contribution in [1.29, 1.82) is 0 Å². The zero-order valence-corrected chi connectivity index (χ0v) is 11.8. The molecule has 110 valence electrons. The summed E-state index contributed by atoms with van der Waals surface area (Å²) in [5, 5.41) is 3.17. The van der Waals surface area contributed by atoms with Crippen molar-refractivity contribution in [3.05, 3.63) is 64.7 Å². The lowest BCUT2D eigenvalue weighted by molar-refractivity contribution is 0.0999. The summed E-state index contributed by atoms with van der Waals surface area (Å²) in [7, 11) is 0. The van der Waals surface area contributed by atoms with Crippen LogP contribution in [0.3, 0.4) is 0 Å². The summed E-state index contributed by atoms with van der Waals surface area (Å²) in [6.45, 7) is 3.60. The lowest BCUT2D eigenvalue weighted by Crippen LogP contribution is -2.15. The molecule has 0 aromatic heterocycles. The molecule has 0 fully saturated rings. The van der Waals surface area contributed by atoms with Crippen molar-refractivity contribution in [2.45, 2.75) is 19.9 Å². The van der Waals surface area contributed by atoms with Gasteiger partial charge in [-0.05, 0) is 49.2 Å². The molecule has 0 spiro atoms. The lowest BCUT2D eigenvalue weighted by Gasteiger charge is -2.18. The van der Waals surface area contributed by atoms with Crippen LogP contribution in [0.25, 0.3) is 0 Å². The highest BCUT2D eigenvalue weighted by atomic mass is 19.2. The molecule has 21 heavy (non-hydrogen) atoms. The van der Waals surface area contributed by atoms with Gasteiger partial charge in [0, 0.05) is 17.3 Å². The monoisotopic (exact) mass is 290 g/mol. The van der Waals surface area contributed by atoms with E-state index in [1.54, 1.807) is 25.1 Å². The van der Waals surface area contributed by atoms with Gasteiger partial charge in [-0.25, -0.2) is 8.78 Å². The van der Waals surface area contributed by atoms with Crippen LogP contribution in [0.1, 0.15) is 34.5 Å². The van der Waals surface area contributed by atoms with Crippen molar-refractivity contribution in [2.24, 2.45) is 5.73 Å². The molecule has 3 nitrogen and oxygen atoms in total. The van der Waals surface area contributed by atoms with E-state index in [4.69, 9.17) is 5.73 Å². The molecule has 2 rings (SSSR count). The molecule has 3 N–H and O–H groups in total. The first-order valence-electron chi connectivity index (χ1n) is 6.51. The Bertz CT molecular complexity index is 686. The molecule has 0 aliphatic heterocycles. The highest BCUT2D eigenvalue weighted by Crippen LogP contribution is 2.25. The number of hydrogen-bond donors (Lipinski definition) is 2. The largest absolute Gasteiger partial charge is 0.378 e. The van der Waals surface area contributed by atoms with Crippen LogP contribution >= 0.6 is 0 Å².